The molecule has 118 valence electrons. The van der Waals surface area contributed by atoms with Crippen LogP contribution in [-0.2, 0) is 19.6 Å². The van der Waals surface area contributed by atoms with Crippen molar-refractivity contribution < 1.29 is 14.6 Å². The van der Waals surface area contributed by atoms with E-state index in [1.54, 1.807) is 0 Å². The quantitative estimate of drug-likeness (QED) is 0.655. The number of aromatic nitrogens is 2. The van der Waals surface area contributed by atoms with Crippen LogP contribution >= 0.6 is 11.6 Å². The summed E-state index contributed by atoms with van der Waals surface area (Å²) in [6.07, 6.45) is 0.492. The molecule has 0 aliphatic carbocycles. The Labute approximate surface area is 134 Å². The fourth-order valence-electron chi connectivity index (χ4n) is 2.05. The van der Waals surface area contributed by atoms with Gasteiger partial charge in [-0.15, -0.1) is 0 Å². The molecule has 0 unspecified atom stereocenters. The van der Waals surface area contributed by atoms with Crippen LogP contribution in [0.15, 0.2) is 30.3 Å². The first-order valence-electron chi connectivity index (χ1n) is 7.11. The largest absolute Gasteiger partial charge is 0.617 e. The lowest BCUT2D eigenvalue weighted by molar-refractivity contribution is -0.613. The smallest absolute Gasteiger partial charge is 0.311 e. The van der Waals surface area contributed by atoms with E-state index in [0.29, 0.717) is 23.5 Å². The molecule has 0 saturated heterocycles. The first-order chi connectivity index (χ1) is 10.5. The van der Waals surface area contributed by atoms with E-state index in [9.17, 15) is 10.3 Å². The van der Waals surface area contributed by atoms with Crippen molar-refractivity contribution in [2.24, 2.45) is 5.92 Å². The van der Waals surface area contributed by atoms with Gasteiger partial charge in [0.1, 0.15) is 6.61 Å². The number of hydrogen-bond donors (Lipinski definition) is 1. The molecule has 5 nitrogen and oxygen atoms in total. The van der Waals surface area contributed by atoms with Gasteiger partial charge in [0.15, 0.2) is 5.69 Å². The molecule has 0 aliphatic heterocycles. The zero-order chi connectivity index (χ0) is 16.1. The predicted octanol–water partition coefficient (Wildman–Crippen LogP) is 2.64. The molecule has 6 heteroatoms. The zero-order valence-corrected chi connectivity index (χ0v) is 13.4. The second-order valence-electron chi connectivity index (χ2n) is 5.43. The zero-order valence-electron chi connectivity index (χ0n) is 12.6. The highest BCUT2D eigenvalue weighted by atomic mass is 35.5. The molecule has 1 aromatic heterocycles. The second-order valence-corrected chi connectivity index (χ2v) is 5.78. The van der Waals surface area contributed by atoms with E-state index in [1.165, 1.54) is 0 Å². The average Bonchev–Trinajstić information content (AvgIpc) is 2.52. The molecule has 0 atom stereocenters. The minimum atomic E-state index is -0.412. The fourth-order valence-corrected chi connectivity index (χ4v) is 2.26. The number of rotatable bonds is 6. The molecule has 0 saturated carbocycles. The van der Waals surface area contributed by atoms with Crippen LogP contribution in [0.5, 0.6) is 5.88 Å². The molecule has 0 spiro atoms. The number of nitrogens with zero attached hydrogens (tertiary/aromatic N) is 2. The maximum Gasteiger partial charge on any atom is 0.311 e. The van der Waals surface area contributed by atoms with Gasteiger partial charge in [-0.05, 0) is 23.1 Å². The van der Waals surface area contributed by atoms with Crippen LogP contribution in [0.3, 0.4) is 0 Å². The molecule has 2 rings (SSSR count). The second kappa shape index (κ2) is 7.42. The Bertz CT molecular complexity index is 633. The topological polar surface area (TPSA) is 69.3 Å². The summed E-state index contributed by atoms with van der Waals surface area (Å²) in [7, 11) is 0. The highest BCUT2D eigenvalue weighted by Crippen LogP contribution is 2.21. The summed E-state index contributed by atoms with van der Waals surface area (Å²) < 4.78 is 6.30. The third-order valence-electron chi connectivity index (χ3n) is 3.11. The van der Waals surface area contributed by atoms with Gasteiger partial charge >= 0.3 is 5.15 Å². The van der Waals surface area contributed by atoms with Crippen molar-refractivity contribution >= 4 is 11.6 Å². The predicted molar refractivity (Wildman–Crippen MR) is 83.4 cm³/mol. The Morgan fingerprint density at radius 1 is 1.32 bits per heavy atom. The van der Waals surface area contributed by atoms with Gasteiger partial charge in [-0.1, -0.05) is 44.2 Å². The fraction of sp³-hybridized carbons (Fsp3) is 0.375. The third-order valence-corrected chi connectivity index (χ3v) is 3.49. The van der Waals surface area contributed by atoms with Gasteiger partial charge in [-0.2, -0.15) is 4.73 Å². The Balaban J connectivity index is 2.32. The van der Waals surface area contributed by atoms with Crippen LogP contribution in [0.2, 0.25) is 5.15 Å². The minimum Gasteiger partial charge on any atom is -0.617 e. The van der Waals surface area contributed by atoms with Crippen molar-refractivity contribution in [2.75, 3.05) is 0 Å². The highest BCUT2D eigenvalue weighted by molar-refractivity contribution is 6.29. The molecule has 1 N–H and O–H groups in total. The summed E-state index contributed by atoms with van der Waals surface area (Å²) in [5.74, 6) is 0.470. The molecular formula is C16H19ClN2O3. The van der Waals surface area contributed by atoms with Crippen LogP contribution in [0.25, 0.3) is 0 Å². The molecule has 0 aliphatic rings. The SMILES string of the molecule is CC(C)Cc1c(OCc2ccccc2)nc(CO)c(Cl)[n+]1[O-]. The van der Waals surface area contributed by atoms with E-state index in [0.717, 1.165) is 5.56 Å². The lowest BCUT2D eigenvalue weighted by atomic mass is 10.1. The number of aliphatic hydroxyl groups is 1. The summed E-state index contributed by atoms with van der Waals surface area (Å²) in [4.78, 5) is 4.19. The van der Waals surface area contributed by atoms with Crippen molar-refractivity contribution in [1.29, 1.82) is 0 Å². The molecule has 0 amide bonds. The van der Waals surface area contributed by atoms with Gasteiger partial charge in [-0.25, -0.2) is 4.98 Å². The summed E-state index contributed by atoms with van der Waals surface area (Å²) in [5, 5.41) is 21.4. The lowest BCUT2D eigenvalue weighted by Gasteiger charge is -2.14. The standard InChI is InChI=1S/C16H19ClN2O3/c1-11(2)8-14-16(18-13(9-20)15(17)19(14)21)22-10-12-6-4-3-5-7-12/h3-7,11,20H,8-10H2,1-2H3. The van der Waals surface area contributed by atoms with E-state index in [2.05, 4.69) is 4.98 Å². The number of aliphatic hydroxyl groups excluding tert-OH is 1. The summed E-state index contributed by atoms with van der Waals surface area (Å²) >= 11 is 5.94. The Morgan fingerprint density at radius 3 is 2.59 bits per heavy atom. The minimum absolute atomic E-state index is 0.106. The van der Waals surface area contributed by atoms with E-state index >= 15 is 0 Å². The average molecular weight is 323 g/mol. The molecule has 0 fully saturated rings. The number of hydrogen-bond acceptors (Lipinski definition) is 4. The molecule has 22 heavy (non-hydrogen) atoms. The monoisotopic (exact) mass is 322 g/mol. The maximum atomic E-state index is 12.3. The lowest BCUT2D eigenvalue weighted by Crippen LogP contribution is -2.36. The van der Waals surface area contributed by atoms with E-state index in [1.807, 2.05) is 44.2 Å². The Kier molecular flexibility index (Phi) is 5.57. The normalized spacial score (nSPS) is 11.0. The molecule has 0 bridgehead atoms. The van der Waals surface area contributed by atoms with Crippen molar-refractivity contribution in [3.8, 4) is 5.88 Å². The van der Waals surface area contributed by atoms with Crippen LogP contribution in [0.1, 0.15) is 30.8 Å². The van der Waals surface area contributed by atoms with Crippen molar-refractivity contribution in [1.82, 2.24) is 4.98 Å². The number of ether oxygens (including phenoxy) is 1. The molecule has 1 aromatic carbocycles. The van der Waals surface area contributed by atoms with Crippen molar-refractivity contribution in [2.45, 2.75) is 33.5 Å². The third kappa shape index (κ3) is 3.87. The number of halogens is 1. The van der Waals surface area contributed by atoms with Crippen molar-refractivity contribution in [3.63, 3.8) is 0 Å². The van der Waals surface area contributed by atoms with Gasteiger partial charge in [0.05, 0.1) is 6.61 Å². The highest BCUT2D eigenvalue weighted by Gasteiger charge is 2.24. The van der Waals surface area contributed by atoms with Gasteiger partial charge in [0.2, 0.25) is 0 Å². The van der Waals surface area contributed by atoms with Crippen LogP contribution < -0.4 is 9.47 Å². The molecule has 2 aromatic rings. The van der Waals surface area contributed by atoms with Crippen molar-refractivity contribution in [3.05, 3.63) is 57.6 Å². The number of benzene rings is 1. The van der Waals surface area contributed by atoms with E-state index < -0.39 is 6.61 Å². The Morgan fingerprint density at radius 2 is 2.00 bits per heavy atom. The van der Waals surface area contributed by atoms with Crippen LogP contribution in [-0.4, -0.2) is 10.1 Å². The molecule has 1 heterocycles. The Hall–Kier alpha value is -1.85. The first kappa shape index (κ1) is 16.5. The summed E-state index contributed by atoms with van der Waals surface area (Å²) in [5.41, 5.74) is 1.47. The maximum absolute atomic E-state index is 12.3. The molecular weight excluding hydrogens is 304 g/mol. The van der Waals surface area contributed by atoms with Crippen LogP contribution in [0.4, 0.5) is 0 Å². The van der Waals surface area contributed by atoms with E-state index in [4.69, 9.17) is 16.3 Å². The summed E-state index contributed by atoms with van der Waals surface area (Å²) in [6, 6.07) is 9.60. The van der Waals surface area contributed by atoms with Gasteiger partial charge in [0, 0.05) is 6.42 Å². The van der Waals surface area contributed by atoms with Gasteiger partial charge in [-0.3, -0.25) is 0 Å². The van der Waals surface area contributed by atoms with Crippen LogP contribution in [0, 0.1) is 11.1 Å². The van der Waals surface area contributed by atoms with Gasteiger partial charge in [0.25, 0.3) is 11.6 Å². The first-order valence-corrected chi connectivity index (χ1v) is 7.49. The van der Waals surface area contributed by atoms with E-state index in [-0.39, 0.29) is 22.6 Å². The van der Waals surface area contributed by atoms with Gasteiger partial charge < -0.3 is 15.1 Å². The summed E-state index contributed by atoms with van der Waals surface area (Å²) in [6.45, 7) is 3.87. The molecule has 0 radical (unpaired) electrons.